The van der Waals surface area contributed by atoms with Gasteiger partial charge in [0.2, 0.25) is 0 Å². The van der Waals surface area contributed by atoms with Crippen LogP contribution >= 0.6 is 0 Å². The van der Waals surface area contributed by atoms with Crippen molar-refractivity contribution in [2.45, 2.75) is 26.3 Å². The molecule has 3 aromatic heterocycles. The Morgan fingerprint density at radius 2 is 1.70 bits per heavy atom. The molecular formula is C27H27N5O. The van der Waals surface area contributed by atoms with Gasteiger partial charge in [0.05, 0.1) is 12.7 Å². The molecule has 0 saturated heterocycles. The van der Waals surface area contributed by atoms with E-state index in [0.29, 0.717) is 23.9 Å². The number of hydrogen-bond acceptors (Lipinski definition) is 3. The van der Waals surface area contributed by atoms with E-state index in [0.717, 1.165) is 27.9 Å². The van der Waals surface area contributed by atoms with Gasteiger partial charge in [0, 0.05) is 31.5 Å². The Balaban J connectivity index is 1.56. The standard InChI is InChI=1S/C27H27N5O/c1-18(2)21-8-5-6-9-22(21)25-28-16-24-26(29-25)32(27(33)31(24)4)17-19-11-13-20(14-12-19)23-10-7-15-30(23)3/h5-16,18H,17H2,1-4H3. The normalized spacial score (nSPS) is 11.5. The van der Waals surface area contributed by atoms with Crippen molar-refractivity contribution >= 4 is 11.2 Å². The quantitative estimate of drug-likeness (QED) is 0.390. The predicted molar refractivity (Wildman–Crippen MR) is 132 cm³/mol. The second kappa shape index (κ2) is 8.20. The summed E-state index contributed by atoms with van der Waals surface area (Å²) < 4.78 is 5.44. The van der Waals surface area contributed by atoms with E-state index in [2.05, 4.69) is 59.8 Å². The van der Waals surface area contributed by atoms with Crippen molar-refractivity contribution in [3.63, 3.8) is 0 Å². The molecule has 0 atom stereocenters. The third kappa shape index (κ3) is 3.67. The molecule has 33 heavy (non-hydrogen) atoms. The minimum atomic E-state index is -0.0971. The second-order valence-corrected chi connectivity index (χ2v) is 8.77. The van der Waals surface area contributed by atoms with Gasteiger partial charge in [-0.25, -0.2) is 14.8 Å². The highest BCUT2D eigenvalue weighted by atomic mass is 16.1. The Morgan fingerprint density at radius 1 is 0.939 bits per heavy atom. The van der Waals surface area contributed by atoms with Crippen molar-refractivity contribution in [1.82, 2.24) is 23.7 Å². The average Bonchev–Trinajstić information content (AvgIpc) is 3.36. The van der Waals surface area contributed by atoms with Crippen molar-refractivity contribution in [3.8, 4) is 22.6 Å². The number of aromatic nitrogens is 5. The SMILES string of the molecule is CC(C)c1ccccc1-c1ncc2c(n1)n(Cc1ccc(-c3cccn3C)cc1)c(=O)n2C. The van der Waals surface area contributed by atoms with Crippen LogP contribution in [-0.4, -0.2) is 23.7 Å². The zero-order valence-corrected chi connectivity index (χ0v) is 19.4. The molecule has 0 amide bonds. The summed E-state index contributed by atoms with van der Waals surface area (Å²) in [6, 6.07) is 20.7. The fourth-order valence-corrected chi connectivity index (χ4v) is 4.38. The largest absolute Gasteiger partial charge is 0.351 e. The van der Waals surface area contributed by atoms with E-state index in [-0.39, 0.29) is 5.69 Å². The van der Waals surface area contributed by atoms with Crippen molar-refractivity contribution < 1.29 is 0 Å². The van der Waals surface area contributed by atoms with Gasteiger partial charge in [0.25, 0.3) is 0 Å². The molecule has 3 heterocycles. The maximum atomic E-state index is 13.1. The van der Waals surface area contributed by atoms with Crippen LogP contribution in [0.15, 0.2) is 77.9 Å². The minimum absolute atomic E-state index is 0.0971. The molecule has 0 spiro atoms. The molecule has 0 aliphatic carbocycles. The molecule has 0 N–H and O–H groups in total. The van der Waals surface area contributed by atoms with E-state index in [1.165, 1.54) is 5.56 Å². The van der Waals surface area contributed by atoms with Gasteiger partial charge in [-0.2, -0.15) is 0 Å². The highest BCUT2D eigenvalue weighted by Gasteiger charge is 2.17. The van der Waals surface area contributed by atoms with Crippen LogP contribution in [0.2, 0.25) is 0 Å². The molecule has 2 aromatic carbocycles. The lowest BCUT2D eigenvalue weighted by atomic mass is 9.97. The number of fused-ring (bicyclic) bond motifs is 1. The van der Waals surface area contributed by atoms with E-state index in [1.54, 1.807) is 22.4 Å². The van der Waals surface area contributed by atoms with Crippen LogP contribution in [-0.2, 0) is 20.6 Å². The van der Waals surface area contributed by atoms with Crippen LogP contribution < -0.4 is 5.69 Å². The summed E-state index contributed by atoms with van der Waals surface area (Å²) in [6.07, 6.45) is 3.79. The molecule has 0 saturated carbocycles. The number of rotatable bonds is 5. The molecule has 5 rings (SSSR count). The molecule has 166 valence electrons. The molecule has 0 fully saturated rings. The van der Waals surface area contributed by atoms with Gasteiger partial charge in [-0.1, -0.05) is 62.4 Å². The van der Waals surface area contributed by atoms with Crippen LogP contribution in [0.5, 0.6) is 0 Å². The molecule has 6 heteroatoms. The molecule has 0 radical (unpaired) electrons. The number of hydrogen-bond donors (Lipinski definition) is 0. The van der Waals surface area contributed by atoms with Crippen LogP contribution in [0.4, 0.5) is 0 Å². The van der Waals surface area contributed by atoms with Crippen molar-refractivity contribution in [3.05, 3.63) is 94.7 Å². The first-order valence-corrected chi connectivity index (χ1v) is 11.2. The van der Waals surface area contributed by atoms with Gasteiger partial charge < -0.3 is 4.57 Å². The van der Waals surface area contributed by atoms with Gasteiger partial charge in [-0.15, -0.1) is 0 Å². The zero-order chi connectivity index (χ0) is 23.1. The maximum absolute atomic E-state index is 13.1. The monoisotopic (exact) mass is 437 g/mol. The van der Waals surface area contributed by atoms with Gasteiger partial charge in [0.1, 0.15) is 5.52 Å². The summed E-state index contributed by atoms with van der Waals surface area (Å²) in [5, 5.41) is 0. The van der Waals surface area contributed by atoms with Gasteiger partial charge in [-0.05, 0) is 34.7 Å². The first-order chi connectivity index (χ1) is 15.9. The molecule has 0 bridgehead atoms. The van der Waals surface area contributed by atoms with Crippen molar-refractivity contribution in [2.24, 2.45) is 14.1 Å². The summed E-state index contributed by atoms with van der Waals surface area (Å²) in [6.45, 7) is 4.77. The molecular weight excluding hydrogens is 410 g/mol. The lowest BCUT2D eigenvalue weighted by molar-refractivity contribution is 0.731. The van der Waals surface area contributed by atoms with Crippen molar-refractivity contribution in [1.29, 1.82) is 0 Å². The third-order valence-electron chi connectivity index (χ3n) is 6.24. The first-order valence-electron chi connectivity index (χ1n) is 11.2. The van der Waals surface area contributed by atoms with Gasteiger partial charge >= 0.3 is 5.69 Å². The Morgan fingerprint density at radius 3 is 2.39 bits per heavy atom. The minimum Gasteiger partial charge on any atom is -0.351 e. The average molecular weight is 438 g/mol. The van der Waals surface area contributed by atoms with Crippen LogP contribution in [0.3, 0.4) is 0 Å². The number of nitrogens with zero attached hydrogens (tertiary/aromatic N) is 5. The van der Waals surface area contributed by atoms with E-state index < -0.39 is 0 Å². The Bertz CT molecular complexity index is 1500. The van der Waals surface area contributed by atoms with Crippen LogP contribution in [0.1, 0.15) is 30.9 Å². The summed E-state index contributed by atoms with van der Waals surface area (Å²) in [4.78, 5) is 22.5. The van der Waals surface area contributed by atoms with Crippen LogP contribution in [0.25, 0.3) is 33.8 Å². The molecule has 0 aliphatic heterocycles. The third-order valence-corrected chi connectivity index (χ3v) is 6.24. The summed E-state index contributed by atoms with van der Waals surface area (Å²) in [5.74, 6) is 0.992. The van der Waals surface area contributed by atoms with Gasteiger partial charge in [0.15, 0.2) is 11.5 Å². The summed E-state index contributed by atoms with van der Waals surface area (Å²) >= 11 is 0. The Hall–Kier alpha value is -3.93. The predicted octanol–water partition coefficient (Wildman–Crippen LogP) is 4.97. The number of benzene rings is 2. The Labute approximate surface area is 192 Å². The fourth-order valence-electron chi connectivity index (χ4n) is 4.38. The maximum Gasteiger partial charge on any atom is 0.330 e. The highest BCUT2D eigenvalue weighted by Crippen LogP contribution is 2.27. The summed E-state index contributed by atoms with van der Waals surface area (Å²) in [5.41, 5.74) is 6.83. The molecule has 0 unspecified atom stereocenters. The molecule has 6 nitrogen and oxygen atoms in total. The smallest absolute Gasteiger partial charge is 0.330 e. The summed E-state index contributed by atoms with van der Waals surface area (Å²) in [7, 11) is 3.80. The lowest BCUT2D eigenvalue weighted by Gasteiger charge is -2.11. The topological polar surface area (TPSA) is 57.6 Å². The second-order valence-electron chi connectivity index (χ2n) is 8.77. The Kier molecular flexibility index (Phi) is 5.21. The molecule has 0 aliphatic rings. The van der Waals surface area contributed by atoms with E-state index in [1.807, 2.05) is 37.5 Å². The number of imidazole rings is 1. The van der Waals surface area contributed by atoms with E-state index in [9.17, 15) is 4.79 Å². The number of aryl methyl sites for hydroxylation is 2. The molecule has 5 aromatic rings. The van der Waals surface area contributed by atoms with Crippen LogP contribution in [0, 0.1) is 0 Å². The first kappa shape index (κ1) is 20.9. The highest BCUT2D eigenvalue weighted by molar-refractivity contribution is 5.74. The van der Waals surface area contributed by atoms with Crippen molar-refractivity contribution in [2.75, 3.05) is 0 Å². The van der Waals surface area contributed by atoms with E-state index >= 15 is 0 Å². The fraction of sp³-hybridized carbons (Fsp3) is 0.222. The van der Waals surface area contributed by atoms with E-state index in [4.69, 9.17) is 4.98 Å². The zero-order valence-electron chi connectivity index (χ0n) is 19.4. The van der Waals surface area contributed by atoms with Gasteiger partial charge in [-0.3, -0.25) is 9.13 Å². The lowest BCUT2D eigenvalue weighted by Crippen LogP contribution is -2.22.